The Morgan fingerprint density at radius 3 is 3.00 bits per heavy atom. The lowest BCUT2D eigenvalue weighted by Gasteiger charge is -2.29. The van der Waals surface area contributed by atoms with Crippen LogP contribution in [0.25, 0.3) is 0 Å². The highest BCUT2D eigenvalue weighted by Crippen LogP contribution is 2.09. The maximum absolute atomic E-state index is 4.26. The van der Waals surface area contributed by atoms with Crippen molar-refractivity contribution >= 4 is 11.3 Å². The molecule has 1 N–H and O–H groups in total. The van der Waals surface area contributed by atoms with Gasteiger partial charge in [0.2, 0.25) is 0 Å². The van der Waals surface area contributed by atoms with Gasteiger partial charge in [-0.3, -0.25) is 0 Å². The van der Waals surface area contributed by atoms with E-state index in [4.69, 9.17) is 0 Å². The summed E-state index contributed by atoms with van der Waals surface area (Å²) >= 11 is 1.67. The highest BCUT2D eigenvalue weighted by molar-refractivity contribution is 7.07. The second-order valence-electron chi connectivity index (χ2n) is 3.94. The molecule has 1 aromatic rings. The largest absolute Gasteiger partial charge is 0.308 e. The van der Waals surface area contributed by atoms with Gasteiger partial charge in [0.15, 0.2) is 0 Å². The number of aromatic nitrogens is 1. The molecule has 1 aliphatic rings. The summed E-state index contributed by atoms with van der Waals surface area (Å²) in [4.78, 5) is 6.65. The average Bonchev–Trinajstić information content (AvgIpc) is 2.70. The summed E-state index contributed by atoms with van der Waals surface area (Å²) in [5, 5.41) is 5.68. The normalized spacial score (nSPS) is 20.1. The number of piperidine rings is 1. The van der Waals surface area contributed by atoms with Gasteiger partial charge in [0.05, 0.1) is 11.2 Å². The van der Waals surface area contributed by atoms with E-state index in [1.165, 1.54) is 31.6 Å². The van der Waals surface area contributed by atoms with Crippen molar-refractivity contribution in [2.24, 2.45) is 0 Å². The van der Waals surface area contributed by atoms with Crippen LogP contribution in [0, 0.1) is 0 Å². The molecule has 2 rings (SSSR count). The number of hydrogen-bond acceptors (Lipinski definition) is 4. The van der Waals surface area contributed by atoms with Crippen molar-refractivity contribution in [2.75, 3.05) is 20.1 Å². The summed E-state index contributed by atoms with van der Waals surface area (Å²) in [6, 6.07) is 0.688. The first-order valence-electron chi connectivity index (χ1n) is 5.13. The number of nitrogens with one attached hydrogen (secondary N) is 1. The molecule has 0 atom stereocenters. The highest BCUT2D eigenvalue weighted by atomic mass is 32.1. The minimum Gasteiger partial charge on any atom is -0.308 e. The van der Waals surface area contributed by atoms with Crippen LogP contribution in [-0.2, 0) is 6.54 Å². The van der Waals surface area contributed by atoms with Crippen LogP contribution in [0.3, 0.4) is 0 Å². The third-order valence-electron chi connectivity index (χ3n) is 2.77. The summed E-state index contributed by atoms with van der Waals surface area (Å²) in [6.07, 6.45) is 2.53. The fraction of sp³-hybridized carbons (Fsp3) is 0.700. The maximum atomic E-state index is 4.26. The summed E-state index contributed by atoms with van der Waals surface area (Å²) in [5.41, 5.74) is 3.07. The molecule has 0 spiro atoms. The standard InChI is InChI=1S/C10H17N3S/c1-13-4-2-9(3-5-13)11-6-10-7-14-8-12-10/h7-9,11H,2-6H2,1H3. The van der Waals surface area contributed by atoms with Crippen LogP contribution in [0.5, 0.6) is 0 Å². The fourth-order valence-corrected chi connectivity index (χ4v) is 2.34. The van der Waals surface area contributed by atoms with Gasteiger partial charge in [-0.05, 0) is 33.0 Å². The van der Waals surface area contributed by atoms with Crippen molar-refractivity contribution in [3.63, 3.8) is 0 Å². The molecule has 2 heterocycles. The first-order valence-corrected chi connectivity index (χ1v) is 6.08. The molecule has 1 aromatic heterocycles. The zero-order valence-corrected chi connectivity index (χ0v) is 9.39. The van der Waals surface area contributed by atoms with E-state index in [-0.39, 0.29) is 0 Å². The monoisotopic (exact) mass is 211 g/mol. The summed E-state index contributed by atoms with van der Waals surface area (Å²) in [7, 11) is 2.19. The molecule has 1 saturated heterocycles. The van der Waals surface area contributed by atoms with Crippen LogP contribution in [0.4, 0.5) is 0 Å². The van der Waals surface area contributed by atoms with Crippen molar-refractivity contribution in [1.29, 1.82) is 0 Å². The molecule has 3 nitrogen and oxygen atoms in total. The molecule has 1 fully saturated rings. The van der Waals surface area contributed by atoms with Gasteiger partial charge in [-0.2, -0.15) is 0 Å². The first-order chi connectivity index (χ1) is 6.84. The van der Waals surface area contributed by atoms with Crippen molar-refractivity contribution in [2.45, 2.75) is 25.4 Å². The molecule has 0 bridgehead atoms. The molecular formula is C10H17N3S. The molecule has 0 aromatic carbocycles. The molecule has 0 radical (unpaired) electrons. The molecule has 0 unspecified atom stereocenters. The van der Waals surface area contributed by atoms with E-state index in [1.807, 2.05) is 5.51 Å². The van der Waals surface area contributed by atoms with E-state index in [9.17, 15) is 0 Å². The zero-order valence-electron chi connectivity index (χ0n) is 8.57. The molecule has 14 heavy (non-hydrogen) atoms. The molecule has 0 amide bonds. The van der Waals surface area contributed by atoms with Gasteiger partial charge in [-0.1, -0.05) is 0 Å². The van der Waals surface area contributed by atoms with Crippen molar-refractivity contribution in [3.05, 3.63) is 16.6 Å². The van der Waals surface area contributed by atoms with E-state index in [2.05, 4.69) is 27.6 Å². The van der Waals surface area contributed by atoms with E-state index < -0.39 is 0 Å². The van der Waals surface area contributed by atoms with Crippen molar-refractivity contribution in [3.8, 4) is 0 Å². The summed E-state index contributed by atoms with van der Waals surface area (Å²) in [6.45, 7) is 3.36. The summed E-state index contributed by atoms with van der Waals surface area (Å²) < 4.78 is 0. The van der Waals surface area contributed by atoms with Gasteiger partial charge in [0, 0.05) is 18.0 Å². The molecule has 78 valence electrons. The number of rotatable bonds is 3. The molecule has 0 saturated carbocycles. The predicted molar refractivity (Wildman–Crippen MR) is 59.5 cm³/mol. The molecule has 1 aliphatic heterocycles. The van der Waals surface area contributed by atoms with Crippen molar-refractivity contribution < 1.29 is 0 Å². The van der Waals surface area contributed by atoms with Crippen LogP contribution >= 0.6 is 11.3 Å². The number of hydrogen-bond donors (Lipinski definition) is 1. The van der Waals surface area contributed by atoms with Crippen LogP contribution < -0.4 is 5.32 Å². The van der Waals surface area contributed by atoms with Crippen molar-refractivity contribution in [1.82, 2.24) is 15.2 Å². The lowest BCUT2D eigenvalue weighted by molar-refractivity contribution is 0.234. The minimum atomic E-state index is 0.688. The maximum Gasteiger partial charge on any atom is 0.0795 e. The van der Waals surface area contributed by atoms with Crippen LogP contribution in [-0.4, -0.2) is 36.1 Å². The van der Waals surface area contributed by atoms with Gasteiger partial charge in [-0.15, -0.1) is 11.3 Å². The van der Waals surface area contributed by atoms with Crippen LogP contribution in [0.15, 0.2) is 10.9 Å². The lowest BCUT2D eigenvalue weighted by Crippen LogP contribution is -2.40. The molecule has 4 heteroatoms. The Hall–Kier alpha value is -0.450. The first kappa shape index (κ1) is 10.1. The minimum absolute atomic E-state index is 0.688. The predicted octanol–water partition coefficient (Wildman–Crippen LogP) is 1.33. The number of likely N-dealkylation sites (tertiary alicyclic amines) is 1. The smallest absolute Gasteiger partial charge is 0.0795 e. The van der Waals surface area contributed by atoms with E-state index in [0.29, 0.717) is 6.04 Å². The summed E-state index contributed by atoms with van der Waals surface area (Å²) in [5.74, 6) is 0. The Balaban J connectivity index is 1.71. The number of nitrogens with zero attached hydrogens (tertiary/aromatic N) is 2. The van der Waals surface area contributed by atoms with E-state index in [0.717, 1.165) is 6.54 Å². The Kier molecular flexibility index (Phi) is 3.50. The average molecular weight is 211 g/mol. The van der Waals surface area contributed by atoms with Gasteiger partial charge in [0.1, 0.15) is 0 Å². The van der Waals surface area contributed by atoms with Gasteiger partial charge in [-0.25, -0.2) is 4.98 Å². The van der Waals surface area contributed by atoms with Gasteiger partial charge >= 0.3 is 0 Å². The molecular weight excluding hydrogens is 194 g/mol. The Morgan fingerprint density at radius 1 is 1.57 bits per heavy atom. The van der Waals surface area contributed by atoms with Gasteiger partial charge < -0.3 is 10.2 Å². The second kappa shape index (κ2) is 4.87. The Labute approximate surface area is 89.1 Å². The third-order valence-corrected chi connectivity index (χ3v) is 3.41. The fourth-order valence-electron chi connectivity index (χ4n) is 1.79. The van der Waals surface area contributed by atoms with Crippen LogP contribution in [0.2, 0.25) is 0 Å². The van der Waals surface area contributed by atoms with E-state index >= 15 is 0 Å². The SMILES string of the molecule is CN1CCC(NCc2cscn2)CC1. The Morgan fingerprint density at radius 2 is 2.36 bits per heavy atom. The van der Waals surface area contributed by atoms with Gasteiger partial charge in [0.25, 0.3) is 0 Å². The third kappa shape index (κ3) is 2.77. The Bertz CT molecular complexity index is 252. The van der Waals surface area contributed by atoms with Crippen LogP contribution in [0.1, 0.15) is 18.5 Å². The highest BCUT2D eigenvalue weighted by Gasteiger charge is 2.15. The number of thiazole rings is 1. The topological polar surface area (TPSA) is 28.2 Å². The second-order valence-corrected chi connectivity index (χ2v) is 4.66. The van der Waals surface area contributed by atoms with E-state index in [1.54, 1.807) is 11.3 Å². The lowest BCUT2D eigenvalue weighted by atomic mass is 10.1. The molecule has 0 aliphatic carbocycles. The quantitative estimate of drug-likeness (QED) is 0.817. The zero-order chi connectivity index (χ0) is 9.80.